The maximum atomic E-state index is 13.1. The first-order chi connectivity index (χ1) is 12.5. The zero-order valence-corrected chi connectivity index (χ0v) is 16.2. The molecule has 1 saturated heterocycles. The lowest BCUT2D eigenvalue weighted by atomic mass is 10.0. The Kier molecular flexibility index (Phi) is 4.50. The van der Waals surface area contributed by atoms with Crippen molar-refractivity contribution in [3.05, 3.63) is 73.2 Å². The zero-order chi connectivity index (χ0) is 18.3. The number of aromatic nitrogens is 2. The fourth-order valence-corrected chi connectivity index (χ4v) is 4.16. The van der Waals surface area contributed by atoms with Crippen LogP contribution in [0.5, 0.6) is 0 Å². The number of H-pyrrole nitrogens is 2. The number of aromatic amines is 2. The number of likely N-dealkylation sites (tertiary alicyclic amines) is 1. The van der Waals surface area contributed by atoms with Gasteiger partial charge in [-0.05, 0) is 61.0 Å². The molecule has 4 rings (SSSR count). The molecule has 1 aliphatic rings. The van der Waals surface area contributed by atoms with Crippen molar-refractivity contribution < 1.29 is 4.79 Å². The predicted molar refractivity (Wildman–Crippen MR) is 107 cm³/mol. The van der Waals surface area contributed by atoms with Gasteiger partial charge < -0.3 is 9.88 Å². The number of halogens is 1. The number of benzene rings is 2. The summed E-state index contributed by atoms with van der Waals surface area (Å²) in [5.74, 6) is -0.0334. The molecule has 2 N–H and O–H groups in total. The second kappa shape index (κ2) is 6.81. The van der Waals surface area contributed by atoms with Gasteiger partial charge in [0.1, 0.15) is 0 Å². The second-order valence-corrected chi connectivity index (χ2v) is 7.70. The molecule has 0 bridgehead atoms. The Bertz CT molecular complexity index is 1120. The Morgan fingerprint density at radius 2 is 2.04 bits per heavy atom. The van der Waals surface area contributed by atoms with E-state index < -0.39 is 0 Å². The Balaban J connectivity index is 1.71. The molecule has 5 nitrogen and oxygen atoms in total. The molecule has 1 aliphatic heterocycles. The summed E-state index contributed by atoms with van der Waals surface area (Å²) in [6.45, 7) is 0.722. The molecular weight excluding hydrogens is 414 g/mol. The molecule has 26 heavy (non-hydrogen) atoms. The summed E-state index contributed by atoms with van der Waals surface area (Å²) < 4.78 is 1.26. The Morgan fingerprint density at radius 3 is 2.85 bits per heavy atom. The topological polar surface area (TPSA) is 69.0 Å². The van der Waals surface area contributed by atoms with Crippen LogP contribution in [-0.2, 0) is 0 Å². The molecule has 1 amide bonds. The van der Waals surface area contributed by atoms with E-state index in [0.717, 1.165) is 29.4 Å². The summed E-state index contributed by atoms with van der Waals surface area (Å²) in [7, 11) is 0. The monoisotopic (exact) mass is 429 g/mol. The average molecular weight is 430 g/mol. The molecule has 1 atom stereocenters. The molecule has 1 aromatic heterocycles. The quantitative estimate of drug-likeness (QED) is 0.595. The zero-order valence-electron chi connectivity index (χ0n) is 13.8. The first-order valence-corrected chi connectivity index (χ1v) is 9.56. The first-order valence-electron chi connectivity index (χ1n) is 8.36. The van der Waals surface area contributed by atoms with E-state index in [4.69, 9.17) is 12.2 Å². The van der Waals surface area contributed by atoms with E-state index in [1.807, 2.05) is 17.0 Å². The molecule has 2 heterocycles. The third kappa shape index (κ3) is 3.12. The number of fused-ring (bicyclic) bond motifs is 1. The van der Waals surface area contributed by atoms with E-state index in [1.54, 1.807) is 18.2 Å². The van der Waals surface area contributed by atoms with Crippen molar-refractivity contribution in [3.8, 4) is 0 Å². The molecule has 0 unspecified atom stereocenters. The summed E-state index contributed by atoms with van der Waals surface area (Å²) in [4.78, 5) is 32.5. The molecule has 132 valence electrons. The number of hydrogen-bond acceptors (Lipinski definition) is 3. The molecule has 0 radical (unpaired) electrons. The van der Waals surface area contributed by atoms with Gasteiger partial charge in [-0.1, -0.05) is 28.1 Å². The molecule has 2 aromatic carbocycles. The van der Waals surface area contributed by atoms with Crippen LogP contribution >= 0.6 is 28.1 Å². The number of amides is 1. The Morgan fingerprint density at radius 1 is 1.19 bits per heavy atom. The maximum Gasteiger partial charge on any atom is 0.259 e. The van der Waals surface area contributed by atoms with Gasteiger partial charge in [0.25, 0.3) is 11.5 Å². The van der Waals surface area contributed by atoms with Gasteiger partial charge >= 0.3 is 0 Å². The van der Waals surface area contributed by atoms with Gasteiger partial charge in [-0.15, -0.1) is 0 Å². The first kappa shape index (κ1) is 17.2. The van der Waals surface area contributed by atoms with Crippen LogP contribution in [0.2, 0.25) is 0 Å². The van der Waals surface area contributed by atoms with Gasteiger partial charge in [0.2, 0.25) is 0 Å². The van der Waals surface area contributed by atoms with Crippen LogP contribution in [0.3, 0.4) is 0 Å². The second-order valence-electron chi connectivity index (χ2n) is 6.38. The largest absolute Gasteiger partial charge is 0.332 e. The van der Waals surface area contributed by atoms with E-state index in [-0.39, 0.29) is 22.3 Å². The number of carbonyl (C=O) groups is 1. The molecule has 0 spiro atoms. The molecular formula is C19H16BrN3O2S. The van der Waals surface area contributed by atoms with Crippen LogP contribution in [0.25, 0.3) is 10.9 Å². The van der Waals surface area contributed by atoms with E-state index in [1.165, 1.54) is 0 Å². The van der Waals surface area contributed by atoms with Crippen molar-refractivity contribution in [2.24, 2.45) is 0 Å². The van der Waals surface area contributed by atoms with Crippen LogP contribution in [0.1, 0.15) is 34.8 Å². The summed E-state index contributed by atoms with van der Waals surface area (Å²) >= 11 is 8.53. The van der Waals surface area contributed by atoms with Crippen molar-refractivity contribution in [1.82, 2.24) is 14.9 Å². The lowest BCUT2D eigenvalue weighted by Gasteiger charge is -2.25. The van der Waals surface area contributed by atoms with Crippen molar-refractivity contribution in [2.45, 2.75) is 18.9 Å². The minimum Gasteiger partial charge on any atom is -0.332 e. The van der Waals surface area contributed by atoms with E-state index in [0.29, 0.717) is 16.5 Å². The van der Waals surface area contributed by atoms with Gasteiger partial charge in [-0.3, -0.25) is 14.6 Å². The Hall–Kier alpha value is -2.25. The third-order valence-corrected chi connectivity index (χ3v) is 5.43. The van der Waals surface area contributed by atoms with E-state index in [9.17, 15) is 9.59 Å². The predicted octanol–water partition coefficient (Wildman–Crippen LogP) is 4.33. The minimum absolute atomic E-state index is 0.0334. The summed E-state index contributed by atoms with van der Waals surface area (Å²) in [6.07, 6.45) is 1.91. The number of hydrogen-bond donors (Lipinski definition) is 2. The maximum absolute atomic E-state index is 13.1. The van der Waals surface area contributed by atoms with E-state index >= 15 is 0 Å². The fraction of sp³-hybridized carbons (Fsp3) is 0.211. The van der Waals surface area contributed by atoms with Gasteiger partial charge in [0, 0.05) is 16.6 Å². The van der Waals surface area contributed by atoms with Gasteiger partial charge in [-0.2, -0.15) is 0 Å². The molecule has 1 fully saturated rings. The van der Waals surface area contributed by atoms with Crippen molar-refractivity contribution in [3.63, 3.8) is 0 Å². The average Bonchev–Trinajstić information content (AvgIpc) is 3.10. The highest BCUT2D eigenvalue weighted by Gasteiger charge is 2.30. The minimum atomic E-state index is -0.254. The van der Waals surface area contributed by atoms with Crippen molar-refractivity contribution in [1.29, 1.82) is 0 Å². The van der Waals surface area contributed by atoms with Crippen LogP contribution in [-0.4, -0.2) is 27.3 Å². The normalized spacial score (nSPS) is 17.0. The van der Waals surface area contributed by atoms with Gasteiger partial charge in [0.05, 0.1) is 16.9 Å². The highest BCUT2D eigenvalue weighted by molar-refractivity contribution is 9.10. The van der Waals surface area contributed by atoms with E-state index in [2.05, 4.69) is 38.0 Å². The lowest BCUT2D eigenvalue weighted by molar-refractivity contribution is 0.0736. The number of nitrogens with zero attached hydrogens (tertiary/aromatic N) is 1. The summed E-state index contributed by atoms with van der Waals surface area (Å²) in [5, 5.41) is 0.486. The van der Waals surface area contributed by atoms with Crippen LogP contribution in [0, 0.1) is 4.77 Å². The summed E-state index contributed by atoms with van der Waals surface area (Å²) in [6, 6.07) is 13.2. The SMILES string of the molecule is O=C(c1ccc2c(=O)[nH]c(=S)[nH]c2c1)N1CCC[C@@H]1c1cccc(Br)c1. The Labute approximate surface area is 163 Å². The third-order valence-electron chi connectivity index (χ3n) is 4.73. The smallest absolute Gasteiger partial charge is 0.259 e. The van der Waals surface area contributed by atoms with Gasteiger partial charge in [-0.25, -0.2) is 0 Å². The molecule has 7 heteroatoms. The van der Waals surface area contributed by atoms with Crippen LogP contribution in [0.15, 0.2) is 51.7 Å². The highest BCUT2D eigenvalue weighted by atomic mass is 79.9. The number of nitrogens with one attached hydrogen (secondary N) is 2. The highest BCUT2D eigenvalue weighted by Crippen LogP contribution is 2.34. The summed E-state index contributed by atoms with van der Waals surface area (Å²) in [5.41, 5.74) is 2.00. The van der Waals surface area contributed by atoms with Crippen molar-refractivity contribution in [2.75, 3.05) is 6.54 Å². The number of carbonyl (C=O) groups excluding carboxylic acids is 1. The number of rotatable bonds is 2. The van der Waals surface area contributed by atoms with Crippen molar-refractivity contribution >= 4 is 45.0 Å². The molecule has 0 saturated carbocycles. The lowest BCUT2D eigenvalue weighted by Crippen LogP contribution is -2.30. The fourth-order valence-electron chi connectivity index (χ4n) is 3.54. The molecule has 0 aliphatic carbocycles. The van der Waals surface area contributed by atoms with Gasteiger partial charge in [0.15, 0.2) is 4.77 Å². The molecule has 3 aromatic rings. The van der Waals surface area contributed by atoms with Crippen LogP contribution < -0.4 is 5.56 Å². The standard InChI is InChI=1S/C19H16BrN3O2S/c20-13-4-1-3-11(9-13)16-5-2-8-23(16)18(25)12-6-7-14-15(10-12)21-19(26)22-17(14)24/h1,3-4,6-7,9-10,16H,2,5,8H2,(H2,21,22,24,26)/t16-/m1/s1. The van der Waals surface area contributed by atoms with Crippen LogP contribution in [0.4, 0.5) is 0 Å².